The highest BCUT2D eigenvalue weighted by atomic mass is 35.5. The minimum atomic E-state index is 0.664. The molecule has 0 spiro atoms. The highest BCUT2D eigenvalue weighted by Gasteiger charge is 2.16. The molecule has 25 heavy (non-hydrogen) atoms. The highest BCUT2D eigenvalue weighted by Crippen LogP contribution is 2.34. The molecule has 0 aliphatic carbocycles. The van der Waals surface area contributed by atoms with E-state index in [1.54, 1.807) is 6.20 Å². The van der Waals surface area contributed by atoms with Crippen LogP contribution in [0.3, 0.4) is 0 Å². The zero-order valence-corrected chi connectivity index (χ0v) is 14.6. The first kappa shape index (κ1) is 15.9. The van der Waals surface area contributed by atoms with Crippen LogP contribution < -0.4 is 0 Å². The van der Waals surface area contributed by atoms with Crippen molar-refractivity contribution in [2.24, 2.45) is 0 Å². The number of rotatable bonds is 3. The van der Waals surface area contributed by atoms with Gasteiger partial charge in [0.05, 0.1) is 11.4 Å². The summed E-state index contributed by atoms with van der Waals surface area (Å²) in [4.78, 5) is 12.5. The summed E-state index contributed by atoms with van der Waals surface area (Å²) >= 11 is 12.3. The van der Waals surface area contributed by atoms with Crippen molar-refractivity contribution in [3.8, 4) is 34.0 Å². The van der Waals surface area contributed by atoms with Gasteiger partial charge >= 0.3 is 0 Å². The summed E-state index contributed by atoms with van der Waals surface area (Å²) in [5.74, 6) is 0.700. The smallest absolute Gasteiger partial charge is 0.157 e. The summed E-state index contributed by atoms with van der Waals surface area (Å²) in [6.45, 7) is 0. The number of H-pyrrole nitrogens is 1. The molecule has 0 saturated carbocycles. The predicted molar refractivity (Wildman–Crippen MR) is 103 cm³/mol. The van der Waals surface area contributed by atoms with E-state index in [1.165, 1.54) is 0 Å². The molecule has 1 N–H and O–H groups in total. The van der Waals surface area contributed by atoms with E-state index in [0.717, 1.165) is 28.2 Å². The molecule has 0 fully saturated rings. The van der Waals surface area contributed by atoms with Gasteiger partial charge in [-0.15, -0.1) is 0 Å². The lowest BCUT2D eigenvalue weighted by Gasteiger charge is -2.04. The maximum Gasteiger partial charge on any atom is 0.157 e. The third-order valence-corrected chi connectivity index (χ3v) is 4.29. The lowest BCUT2D eigenvalue weighted by atomic mass is 10.1. The minimum Gasteiger partial charge on any atom is -0.336 e. The number of hydrogen-bond acceptors (Lipinski definition) is 2. The maximum atomic E-state index is 6.17. The van der Waals surface area contributed by atoms with Crippen molar-refractivity contribution in [1.29, 1.82) is 0 Å². The Morgan fingerprint density at radius 2 is 1.48 bits per heavy atom. The van der Waals surface area contributed by atoms with Crippen molar-refractivity contribution < 1.29 is 0 Å². The van der Waals surface area contributed by atoms with E-state index < -0.39 is 0 Å². The van der Waals surface area contributed by atoms with Crippen molar-refractivity contribution in [3.05, 3.63) is 83.0 Å². The Kier molecular flexibility index (Phi) is 4.26. The summed E-state index contributed by atoms with van der Waals surface area (Å²) in [5.41, 5.74) is 4.35. The first-order chi connectivity index (χ1) is 12.2. The molecule has 0 saturated heterocycles. The Labute approximate surface area is 155 Å². The molecule has 0 bridgehead atoms. The largest absolute Gasteiger partial charge is 0.336 e. The van der Waals surface area contributed by atoms with Gasteiger partial charge in [0.15, 0.2) is 5.82 Å². The predicted octanol–water partition coefficient (Wildman–Crippen LogP) is 6.11. The zero-order chi connectivity index (χ0) is 17.2. The maximum absolute atomic E-state index is 6.17. The Bertz CT molecular complexity index is 963. The number of pyridine rings is 1. The van der Waals surface area contributed by atoms with E-state index in [-0.39, 0.29) is 0 Å². The third kappa shape index (κ3) is 3.29. The molecule has 5 heteroatoms. The van der Waals surface area contributed by atoms with Crippen molar-refractivity contribution in [3.63, 3.8) is 0 Å². The molecule has 0 unspecified atom stereocenters. The summed E-state index contributed by atoms with van der Waals surface area (Å²) < 4.78 is 0. The molecule has 0 atom stereocenters. The van der Waals surface area contributed by atoms with Crippen LogP contribution in [0.15, 0.2) is 72.9 Å². The first-order valence-corrected chi connectivity index (χ1v) is 8.49. The van der Waals surface area contributed by atoms with Gasteiger partial charge in [0.25, 0.3) is 0 Å². The molecule has 122 valence electrons. The highest BCUT2D eigenvalue weighted by molar-refractivity contribution is 6.31. The zero-order valence-electron chi connectivity index (χ0n) is 13.1. The Morgan fingerprint density at radius 3 is 2.16 bits per heavy atom. The van der Waals surface area contributed by atoms with E-state index in [4.69, 9.17) is 28.2 Å². The number of aromatic amines is 1. The molecule has 2 heterocycles. The number of nitrogens with zero attached hydrogens (tertiary/aromatic N) is 2. The fraction of sp³-hybridized carbons (Fsp3) is 0. The quantitative estimate of drug-likeness (QED) is 0.475. The van der Waals surface area contributed by atoms with E-state index in [0.29, 0.717) is 15.9 Å². The number of imidazole rings is 1. The molecular weight excluding hydrogens is 353 g/mol. The molecule has 2 aromatic carbocycles. The van der Waals surface area contributed by atoms with Gasteiger partial charge in [0.1, 0.15) is 5.69 Å². The minimum absolute atomic E-state index is 0.664. The fourth-order valence-corrected chi connectivity index (χ4v) is 3.08. The summed E-state index contributed by atoms with van der Waals surface area (Å²) in [6, 6.07) is 21.0. The Balaban J connectivity index is 1.93. The number of halogens is 2. The van der Waals surface area contributed by atoms with Gasteiger partial charge in [-0.3, -0.25) is 4.98 Å². The van der Waals surface area contributed by atoms with E-state index >= 15 is 0 Å². The van der Waals surface area contributed by atoms with Gasteiger partial charge in [0, 0.05) is 27.4 Å². The first-order valence-electron chi connectivity index (χ1n) is 7.74. The number of benzene rings is 2. The lowest BCUT2D eigenvalue weighted by Crippen LogP contribution is -1.84. The number of aromatic nitrogens is 3. The van der Waals surface area contributed by atoms with Crippen LogP contribution in [0.2, 0.25) is 10.0 Å². The molecule has 3 nitrogen and oxygen atoms in total. The second-order valence-corrected chi connectivity index (χ2v) is 6.42. The summed E-state index contributed by atoms with van der Waals surface area (Å²) in [5, 5.41) is 1.33. The van der Waals surface area contributed by atoms with Crippen molar-refractivity contribution in [1.82, 2.24) is 15.0 Å². The standard InChI is InChI=1S/C20H13Cl2N3/c21-15-7-3-5-13(11-15)18-19(14-6-4-8-16(22)12-14)25-20(24-18)17-9-1-2-10-23-17/h1-12H,(H,24,25). The van der Waals surface area contributed by atoms with E-state index in [2.05, 4.69) is 9.97 Å². The molecule has 0 radical (unpaired) electrons. The average Bonchev–Trinajstić information content (AvgIpc) is 3.08. The van der Waals surface area contributed by atoms with Crippen molar-refractivity contribution >= 4 is 23.2 Å². The average molecular weight is 366 g/mol. The van der Waals surface area contributed by atoms with Crippen LogP contribution in [0.25, 0.3) is 34.0 Å². The molecule has 4 rings (SSSR count). The molecular formula is C20H13Cl2N3. The van der Waals surface area contributed by atoms with Crippen LogP contribution in [0.4, 0.5) is 0 Å². The van der Waals surface area contributed by atoms with Gasteiger partial charge < -0.3 is 4.98 Å². The Morgan fingerprint density at radius 1 is 0.760 bits per heavy atom. The van der Waals surface area contributed by atoms with Crippen LogP contribution in [0.1, 0.15) is 0 Å². The summed E-state index contributed by atoms with van der Waals surface area (Å²) in [7, 11) is 0. The lowest BCUT2D eigenvalue weighted by molar-refractivity contribution is 1.22. The number of hydrogen-bond donors (Lipinski definition) is 1. The SMILES string of the molecule is Clc1cccc(-c2nc(-c3ccccn3)[nH]c2-c2cccc(Cl)c2)c1. The van der Waals surface area contributed by atoms with Crippen LogP contribution in [0.5, 0.6) is 0 Å². The van der Waals surface area contributed by atoms with Gasteiger partial charge in [-0.1, -0.05) is 53.5 Å². The van der Waals surface area contributed by atoms with Gasteiger partial charge in [-0.2, -0.15) is 0 Å². The molecule has 2 aromatic heterocycles. The second kappa shape index (κ2) is 6.71. The molecule has 0 amide bonds. The normalized spacial score (nSPS) is 10.8. The third-order valence-electron chi connectivity index (χ3n) is 3.82. The topological polar surface area (TPSA) is 41.6 Å². The van der Waals surface area contributed by atoms with Crippen LogP contribution >= 0.6 is 23.2 Å². The second-order valence-electron chi connectivity index (χ2n) is 5.54. The van der Waals surface area contributed by atoms with Gasteiger partial charge in [-0.05, 0) is 36.4 Å². The summed E-state index contributed by atoms with van der Waals surface area (Å²) in [6.07, 6.45) is 1.75. The molecule has 0 aliphatic heterocycles. The van der Waals surface area contributed by atoms with Crippen molar-refractivity contribution in [2.75, 3.05) is 0 Å². The number of nitrogens with one attached hydrogen (secondary N) is 1. The molecule has 0 aliphatic rings. The van der Waals surface area contributed by atoms with E-state index in [9.17, 15) is 0 Å². The van der Waals surface area contributed by atoms with Crippen molar-refractivity contribution in [2.45, 2.75) is 0 Å². The molecule has 4 aromatic rings. The van der Waals surface area contributed by atoms with Gasteiger partial charge in [0.2, 0.25) is 0 Å². The Hall–Kier alpha value is -2.62. The van der Waals surface area contributed by atoms with Crippen LogP contribution in [-0.2, 0) is 0 Å². The van der Waals surface area contributed by atoms with Crippen LogP contribution in [0, 0.1) is 0 Å². The van der Waals surface area contributed by atoms with Crippen LogP contribution in [-0.4, -0.2) is 15.0 Å². The fourth-order valence-electron chi connectivity index (χ4n) is 2.69. The van der Waals surface area contributed by atoms with E-state index in [1.807, 2.05) is 66.7 Å². The van der Waals surface area contributed by atoms with Gasteiger partial charge in [-0.25, -0.2) is 4.98 Å². The monoisotopic (exact) mass is 365 g/mol.